The summed E-state index contributed by atoms with van der Waals surface area (Å²) in [6.07, 6.45) is 0. The van der Waals surface area contributed by atoms with Crippen LogP contribution >= 0.6 is 27.3 Å². The molecule has 2 aromatic heterocycles. The Hall–Kier alpha value is -0.940. The molecule has 0 saturated carbocycles. The van der Waals surface area contributed by atoms with E-state index in [1.165, 1.54) is 0 Å². The Balaban J connectivity index is 2.33. The summed E-state index contributed by atoms with van der Waals surface area (Å²) in [6, 6.07) is 7.90. The average Bonchev–Trinajstić information content (AvgIpc) is 2.65. The molecule has 14 heavy (non-hydrogen) atoms. The maximum absolute atomic E-state index is 4.11. The number of hydrogen-bond donors (Lipinski definition) is 1. The summed E-state index contributed by atoms with van der Waals surface area (Å²) in [7, 11) is 1.82. The molecule has 0 atom stereocenters. The van der Waals surface area contributed by atoms with Crippen LogP contribution < -0.4 is 5.32 Å². The number of aromatic nitrogens is 2. The topological polar surface area (TPSA) is 37.8 Å². The molecule has 1 N–H and O–H groups in total. The van der Waals surface area contributed by atoms with Crippen molar-refractivity contribution in [3.05, 3.63) is 28.1 Å². The van der Waals surface area contributed by atoms with E-state index in [4.69, 9.17) is 0 Å². The highest BCUT2D eigenvalue weighted by molar-refractivity contribution is 9.11. The van der Waals surface area contributed by atoms with Crippen LogP contribution in [0.15, 0.2) is 28.1 Å². The number of nitrogens with one attached hydrogen (secondary N) is 1. The number of thiophene rings is 1. The maximum atomic E-state index is 4.11. The molecule has 0 radical (unpaired) electrons. The third kappa shape index (κ3) is 1.93. The van der Waals surface area contributed by atoms with Crippen LogP contribution in [0.2, 0.25) is 0 Å². The van der Waals surface area contributed by atoms with Crippen molar-refractivity contribution < 1.29 is 0 Å². The summed E-state index contributed by atoms with van der Waals surface area (Å²) >= 11 is 5.06. The Morgan fingerprint density at radius 2 is 2.07 bits per heavy atom. The highest BCUT2D eigenvalue weighted by Crippen LogP contribution is 2.29. The van der Waals surface area contributed by atoms with Crippen LogP contribution in [0.5, 0.6) is 0 Å². The number of rotatable bonds is 2. The van der Waals surface area contributed by atoms with Gasteiger partial charge in [0.1, 0.15) is 11.5 Å². The molecule has 0 spiro atoms. The fraction of sp³-hybridized carbons (Fsp3) is 0.111. The van der Waals surface area contributed by atoms with Crippen LogP contribution in [-0.4, -0.2) is 17.2 Å². The molecule has 0 amide bonds. The highest BCUT2D eigenvalue weighted by atomic mass is 79.9. The molecule has 0 aliphatic rings. The molecule has 3 nitrogen and oxygen atoms in total. The van der Waals surface area contributed by atoms with Crippen molar-refractivity contribution >= 4 is 33.1 Å². The fourth-order valence-electron chi connectivity index (χ4n) is 1.05. The van der Waals surface area contributed by atoms with Gasteiger partial charge in [-0.2, -0.15) is 0 Å². The molecule has 2 heterocycles. The first-order chi connectivity index (χ1) is 6.79. The lowest BCUT2D eigenvalue weighted by molar-refractivity contribution is 1.04. The second-order valence-electron chi connectivity index (χ2n) is 2.66. The summed E-state index contributed by atoms with van der Waals surface area (Å²) in [5.41, 5.74) is 0.903. The van der Waals surface area contributed by atoms with Crippen molar-refractivity contribution in [1.82, 2.24) is 10.2 Å². The maximum Gasteiger partial charge on any atom is 0.148 e. The van der Waals surface area contributed by atoms with Gasteiger partial charge in [-0.15, -0.1) is 21.5 Å². The Kier molecular flexibility index (Phi) is 2.79. The van der Waals surface area contributed by atoms with Gasteiger partial charge in [0, 0.05) is 7.05 Å². The van der Waals surface area contributed by atoms with E-state index >= 15 is 0 Å². The van der Waals surface area contributed by atoms with Gasteiger partial charge in [0.2, 0.25) is 0 Å². The van der Waals surface area contributed by atoms with Crippen molar-refractivity contribution in [2.75, 3.05) is 12.4 Å². The van der Waals surface area contributed by atoms with Gasteiger partial charge in [0.25, 0.3) is 0 Å². The SMILES string of the molecule is CNc1ccc(-c2ccc(Br)s2)nn1. The molecule has 5 heteroatoms. The summed E-state index contributed by atoms with van der Waals surface area (Å²) in [5.74, 6) is 0.782. The van der Waals surface area contributed by atoms with Gasteiger partial charge in [-0.05, 0) is 40.2 Å². The first kappa shape index (κ1) is 9.61. The zero-order chi connectivity index (χ0) is 9.97. The van der Waals surface area contributed by atoms with Crippen LogP contribution in [0.4, 0.5) is 5.82 Å². The second kappa shape index (κ2) is 4.06. The third-order valence-corrected chi connectivity index (χ3v) is 3.39. The molecular formula is C9H8BrN3S. The molecule has 0 aliphatic heterocycles. The molecule has 72 valence electrons. The molecule has 2 aromatic rings. The molecular weight excluding hydrogens is 262 g/mol. The van der Waals surface area contributed by atoms with Crippen molar-refractivity contribution in [2.45, 2.75) is 0 Å². The summed E-state index contributed by atoms with van der Waals surface area (Å²) in [4.78, 5) is 1.12. The summed E-state index contributed by atoms with van der Waals surface area (Å²) in [6.45, 7) is 0. The van der Waals surface area contributed by atoms with Gasteiger partial charge in [-0.3, -0.25) is 0 Å². The normalized spacial score (nSPS) is 10.1. The first-order valence-corrected chi connectivity index (χ1v) is 5.68. The van der Waals surface area contributed by atoms with Crippen molar-refractivity contribution in [2.24, 2.45) is 0 Å². The van der Waals surface area contributed by atoms with E-state index in [2.05, 4.69) is 31.4 Å². The number of hydrogen-bond acceptors (Lipinski definition) is 4. The molecule has 0 unspecified atom stereocenters. The number of halogens is 1. The van der Waals surface area contributed by atoms with Crippen LogP contribution in [0.3, 0.4) is 0 Å². The van der Waals surface area contributed by atoms with E-state index < -0.39 is 0 Å². The van der Waals surface area contributed by atoms with E-state index in [1.54, 1.807) is 11.3 Å². The minimum atomic E-state index is 0.782. The molecule has 0 aromatic carbocycles. The van der Waals surface area contributed by atoms with Gasteiger partial charge in [-0.25, -0.2) is 0 Å². The van der Waals surface area contributed by atoms with E-state index in [-0.39, 0.29) is 0 Å². The van der Waals surface area contributed by atoms with Gasteiger partial charge < -0.3 is 5.32 Å². The number of nitrogens with zero attached hydrogens (tertiary/aromatic N) is 2. The molecule has 0 aliphatic carbocycles. The Morgan fingerprint density at radius 3 is 2.57 bits per heavy atom. The lowest BCUT2D eigenvalue weighted by Gasteiger charge is -1.98. The van der Waals surface area contributed by atoms with Gasteiger partial charge in [-0.1, -0.05) is 0 Å². The summed E-state index contributed by atoms with van der Waals surface area (Å²) < 4.78 is 1.10. The molecule has 0 bridgehead atoms. The number of anilines is 1. The largest absolute Gasteiger partial charge is 0.372 e. The van der Waals surface area contributed by atoms with Crippen LogP contribution in [-0.2, 0) is 0 Å². The van der Waals surface area contributed by atoms with Crippen LogP contribution in [0.1, 0.15) is 0 Å². The zero-order valence-electron chi connectivity index (χ0n) is 7.49. The fourth-order valence-corrected chi connectivity index (χ4v) is 2.40. The second-order valence-corrected chi connectivity index (χ2v) is 5.12. The quantitative estimate of drug-likeness (QED) is 0.911. The van der Waals surface area contributed by atoms with Gasteiger partial charge >= 0.3 is 0 Å². The van der Waals surface area contributed by atoms with Crippen LogP contribution in [0.25, 0.3) is 10.6 Å². The average molecular weight is 270 g/mol. The van der Waals surface area contributed by atoms with E-state index in [0.717, 1.165) is 20.2 Å². The monoisotopic (exact) mass is 269 g/mol. The molecule has 0 fully saturated rings. The minimum absolute atomic E-state index is 0.782. The van der Waals surface area contributed by atoms with E-state index in [0.29, 0.717) is 0 Å². The first-order valence-electron chi connectivity index (χ1n) is 4.07. The minimum Gasteiger partial charge on any atom is -0.372 e. The highest BCUT2D eigenvalue weighted by Gasteiger charge is 2.02. The predicted octanol–water partition coefficient (Wildman–Crippen LogP) is 3.01. The lowest BCUT2D eigenvalue weighted by atomic mass is 10.3. The molecule has 2 rings (SSSR count). The van der Waals surface area contributed by atoms with Crippen molar-refractivity contribution in [3.8, 4) is 10.6 Å². The van der Waals surface area contributed by atoms with Gasteiger partial charge in [0.05, 0.1) is 8.66 Å². The van der Waals surface area contributed by atoms with E-state index in [1.807, 2.05) is 31.3 Å². The zero-order valence-corrected chi connectivity index (χ0v) is 9.89. The van der Waals surface area contributed by atoms with E-state index in [9.17, 15) is 0 Å². The summed E-state index contributed by atoms with van der Waals surface area (Å²) in [5, 5.41) is 11.1. The standard InChI is InChI=1S/C9H8BrN3S/c1-11-9-5-2-6(12-13-9)7-3-4-8(10)14-7/h2-5H,1H3,(H,11,13). The van der Waals surface area contributed by atoms with Gasteiger partial charge in [0.15, 0.2) is 0 Å². The third-order valence-electron chi connectivity index (χ3n) is 1.75. The predicted molar refractivity (Wildman–Crippen MR) is 62.6 cm³/mol. The molecule has 0 saturated heterocycles. The smallest absolute Gasteiger partial charge is 0.148 e. The van der Waals surface area contributed by atoms with Crippen LogP contribution in [0, 0.1) is 0 Å². The Labute approximate surface area is 94.3 Å². The lowest BCUT2D eigenvalue weighted by Crippen LogP contribution is -1.94. The Bertz CT molecular complexity index is 424. The van der Waals surface area contributed by atoms with Crippen molar-refractivity contribution in [1.29, 1.82) is 0 Å². The van der Waals surface area contributed by atoms with Crippen molar-refractivity contribution in [3.63, 3.8) is 0 Å². The Morgan fingerprint density at radius 1 is 1.21 bits per heavy atom.